The van der Waals surface area contributed by atoms with E-state index in [1.807, 2.05) is 0 Å². The van der Waals surface area contributed by atoms with Crippen molar-refractivity contribution in [3.63, 3.8) is 0 Å². The van der Waals surface area contributed by atoms with Crippen LogP contribution in [0.3, 0.4) is 0 Å². The van der Waals surface area contributed by atoms with E-state index in [2.05, 4.69) is 4.74 Å². The lowest BCUT2D eigenvalue weighted by Crippen LogP contribution is -2.27. The van der Waals surface area contributed by atoms with E-state index in [9.17, 15) is 24.9 Å². The van der Waals surface area contributed by atoms with E-state index in [1.54, 1.807) is 0 Å². The number of esters is 1. The van der Waals surface area contributed by atoms with Gasteiger partial charge in [0.1, 0.15) is 29.4 Å². The number of cyclic esters (lactones) is 1. The molecular formula is C14H12O6. The molecule has 1 aliphatic rings. The van der Waals surface area contributed by atoms with Crippen LogP contribution < -0.4 is 0 Å². The summed E-state index contributed by atoms with van der Waals surface area (Å²) in [4.78, 5) is 23.2. The van der Waals surface area contributed by atoms with Crippen LogP contribution in [0.2, 0.25) is 0 Å². The number of hydrogen-bond donors (Lipinski definition) is 3. The van der Waals surface area contributed by atoms with Crippen molar-refractivity contribution in [1.82, 2.24) is 0 Å². The Hall–Kier alpha value is -2.76. The van der Waals surface area contributed by atoms with E-state index in [4.69, 9.17) is 0 Å². The van der Waals surface area contributed by atoms with Crippen LogP contribution in [0.15, 0.2) is 36.3 Å². The average Bonchev–Trinajstić information content (AvgIpc) is 2.38. The van der Waals surface area contributed by atoms with Crippen molar-refractivity contribution in [2.45, 2.75) is 6.42 Å². The number of phenols is 2. The van der Waals surface area contributed by atoms with E-state index in [0.29, 0.717) is 5.56 Å². The van der Waals surface area contributed by atoms with Crippen LogP contribution in [-0.2, 0) is 14.3 Å². The van der Waals surface area contributed by atoms with Gasteiger partial charge in [0.2, 0.25) is 0 Å². The van der Waals surface area contributed by atoms with E-state index < -0.39 is 17.7 Å². The van der Waals surface area contributed by atoms with Gasteiger partial charge in [0.05, 0.1) is 0 Å². The Balaban J connectivity index is 2.13. The number of carbonyl (C=O) groups is 2. The van der Waals surface area contributed by atoms with Crippen molar-refractivity contribution in [3.05, 3.63) is 41.9 Å². The minimum atomic E-state index is -1.08. The number of hydrogen-bond acceptors (Lipinski definition) is 6. The number of benzene rings is 1. The summed E-state index contributed by atoms with van der Waals surface area (Å²) in [6.07, 6.45) is 3.29. The van der Waals surface area contributed by atoms with Gasteiger partial charge < -0.3 is 20.1 Å². The number of aliphatic hydroxyl groups excluding tert-OH is 1. The number of allylic oxidation sites excluding steroid dienone is 2. The zero-order valence-corrected chi connectivity index (χ0v) is 10.3. The third-order valence-electron chi connectivity index (χ3n) is 2.72. The maximum atomic E-state index is 11.8. The summed E-state index contributed by atoms with van der Waals surface area (Å²) >= 11 is 0. The fraction of sp³-hybridized carbons (Fsp3) is 0.143. The van der Waals surface area contributed by atoms with Crippen molar-refractivity contribution >= 4 is 17.8 Å². The van der Waals surface area contributed by atoms with E-state index in [-0.39, 0.29) is 23.7 Å². The summed E-state index contributed by atoms with van der Waals surface area (Å²) in [5, 5.41) is 27.8. The Kier molecular flexibility index (Phi) is 3.74. The van der Waals surface area contributed by atoms with Crippen molar-refractivity contribution in [1.29, 1.82) is 0 Å². The Bertz CT molecular complexity index is 594. The van der Waals surface area contributed by atoms with Gasteiger partial charge in [0, 0.05) is 12.5 Å². The Morgan fingerprint density at radius 2 is 1.85 bits per heavy atom. The zero-order chi connectivity index (χ0) is 14.7. The molecule has 6 heteroatoms. The molecule has 1 aromatic carbocycles. The van der Waals surface area contributed by atoms with Gasteiger partial charge in [-0.3, -0.25) is 9.59 Å². The fourth-order valence-corrected chi connectivity index (χ4v) is 1.77. The Labute approximate surface area is 114 Å². The number of phenolic OH excluding ortho intramolecular Hbond substituents is 2. The van der Waals surface area contributed by atoms with Gasteiger partial charge in [-0.1, -0.05) is 6.08 Å². The highest BCUT2D eigenvalue weighted by Gasteiger charge is 2.30. The molecule has 1 atom stereocenters. The monoisotopic (exact) mass is 276 g/mol. The first-order valence-electron chi connectivity index (χ1n) is 5.79. The molecule has 0 spiro atoms. The number of ether oxygens (including phenoxy) is 1. The summed E-state index contributed by atoms with van der Waals surface area (Å²) in [5.74, 6) is -2.80. The average molecular weight is 276 g/mol. The maximum absolute atomic E-state index is 11.8. The molecule has 2 rings (SSSR count). The van der Waals surface area contributed by atoms with Crippen LogP contribution in [0.1, 0.15) is 12.0 Å². The molecule has 0 saturated heterocycles. The molecule has 0 amide bonds. The molecule has 3 N–H and O–H groups in total. The van der Waals surface area contributed by atoms with Crippen LogP contribution in [0.25, 0.3) is 6.08 Å². The number of carbonyl (C=O) groups excluding carboxylic acids is 2. The predicted octanol–water partition coefficient (Wildman–Crippen LogP) is 1.64. The number of aromatic hydroxyl groups is 2. The first kappa shape index (κ1) is 13.7. The van der Waals surface area contributed by atoms with Crippen molar-refractivity contribution in [2.24, 2.45) is 5.92 Å². The minimum Gasteiger partial charge on any atom is -0.509 e. The quantitative estimate of drug-likeness (QED) is 0.440. The summed E-state index contributed by atoms with van der Waals surface area (Å²) in [6, 6.07) is 3.85. The van der Waals surface area contributed by atoms with Crippen LogP contribution in [0.4, 0.5) is 0 Å². The fourth-order valence-electron chi connectivity index (χ4n) is 1.77. The second kappa shape index (κ2) is 5.48. The second-order valence-electron chi connectivity index (χ2n) is 4.32. The highest BCUT2D eigenvalue weighted by atomic mass is 16.5. The van der Waals surface area contributed by atoms with Crippen LogP contribution in [0, 0.1) is 5.92 Å². The normalized spacial score (nSPS) is 18.7. The summed E-state index contributed by atoms with van der Waals surface area (Å²) in [5.41, 5.74) is 0.403. The predicted molar refractivity (Wildman–Crippen MR) is 68.7 cm³/mol. The number of aliphatic hydroxyl groups is 1. The Morgan fingerprint density at radius 1 is 1.20 bits per heavy atom. The lowest BCUT2D eigenvalue weighted by atomic mass is 9.97. The first-order valence-corrected chi connectivity index (χ1v) is 5.79. The minimum absolute atomic E-state index is 0.104. The van der Waals surface area contributed by atoms with E-state index >= 15 is 0 Å². The smallest absolute Gasteiger partial charge is 0.322 e. The molecular weight excluding hydrogens is 264 g/mol. The zero-order valence-electron chi connectivity index (χ0n) is 10.3. The van der Waals surface area contributed by atoms with Gasteiger partial charge in [-0.2, -0.15) is 0 Å². The topological polar surface area (TPSA) is 104 Å². The standard InChI is InChI=1S/C14H12O6/c15-9-3-8(4-10(16)5-9)1-2-13(18)12-6-11(17)7-20-14(12)19/h1-5,7,12,15-17H,6H2. The molecule has 0 fully saturated rings. The summed E-state index contributed by atoms with van der Waals surface area (Å²) in [6.45, 7) is 0. The SMILES string of the molecule is O=C(C=Cc1cc(O)cc(O)c1)C1CC(O)=COC1=O. The lowest BCUT2D eigenvalue weighted by Gasteiger charge is -2.15. The maximum Gasteiger partial charge on any atom is 0.322 e. The molecule has 0 radical (unpaired) electrons. The first-order chi connectivity index (χ1) is 9.45. The van der Waals surface area contributed by atoms with Gasteiger partial charge in [-0.15, -0.1) is 0 Å². The number of ketones is 1. The largest absolute Gasteiger partial charge is 0.509 e. The summed E-state index contributed by atoms with van der Waals surface area (Å²) < 4.78 is 4.53. The van der Waals surface area contributed by atoms with Gasteiger partial charge in [0.25, 0.3) is 0 Å². The van der Waals surface area contributed by atoms with Gasteiger partial charge in [-0.25, -0.2) is 0 Å². The van der Waals surface area contributed by atoms with E-state index in [1.165, 1.54) is 18.2 Å². The highest BCUT2D eigenvalue weighted by Crippen LogP contribution is 2.22. The summed E-state index contributed by atoms with van der Waals surface area (Å²) in [7, 11) is 0. The molecule has 104 valence electrons. The van der Waals surface area contributed by atoms with Crippen molar-refractivity contribution in [2.75, 3.05) is 0 Å². The molecule has 0 aromatic heterocycles. The van der Waals surface area contributed by atoms with Crippen molar-refractivity contribution < 1.29 is 29.6 Å². The lowest BCUT2D eigenvalue weighted by molar-refractivity contribution is -0.148. The van der Waals surface area contributed by atoms with Crippen LogP contribution in [0.5, 0.6) is 11.5 Å². The molecule has 20 heavy (non-hydrogen) atoms. The molecule has 1 aliphatic heterocycles. The van der Waals surface area contributed by atoms with Crippen molar-refractivity contribution in [3.8, 4) is 11.5 Å². The molecule has 1 aromatic rings. The molecule has 0 aliphatic carbocycles. The molecule has 0 bridgehead atoms. The molecule has 6 nitrogen and oxygen atoms in total. The second-order valence-corrected chi connectivity index (χ2v) is 4.32. The van der Waals surface area contributed by atoms with Crippen LogP contribution in [-0.4, -0.2) is 27.1 Å². The van der Waals surface area contributed by atoms with Gasteiger partial charge >= 0.3 is 5.97 Å². The number of rotatable bonds is 3. The molecule has 0 saturated carbocycles. The highest BCUT2D eigenvalue weighted by molar-refractivity contribution is 6.07. The van der Waals surface area contributed by atoms with Crippen LogP contribution >= 0.6 is 0 Å². The molecule has 1 unspecified atom stereocenters. The van der Waals surface area contributed by atoms with Gasteiger partial charge in [0.15, 0.2) is 5.78 Å². The van der Waals surface area contributed by atoms with Gasteiger partial charge in [-0.05, 0) is 23.8 Å². The Morgan fingerprint density at radius 3 is 2.50 bits per heavy atom. The van der Waals surface area contributed by atoms with E-state index in [0.717, 1.165) is 18.4 Å². The third kappa shape index (κ3) is 3.17. The molecule has 1 heterocycles. The third-order valence-corrected chi connectivity index (χ3v) is 2.72.